The molecule has 1 heterocycles. The third kappa shape index (κ3) is 9.48. The van der Waals surface area contributed by atoms with Gasteiger partial charge in [-0.15, -0.1) is 0 Å². The highest BCUT2D eigenvalue weighted by molar-refractivity contribution is 7.91. The SMILES string of the molecule is CCCS(=O)(=O)c1ccc(Cl)cc1CNC(=O)c1cc(Cl)c(CN2CCC[C@H](N(C)C(=O)OC(C)(C)C)C2)c(C(F)(F)F)c1. The van der Waals surface area contributed by atoms with Crippen molar-refractivity contribution in [2.75, 3.05) is 25.9 Å². The van der Waals surface area contributed by atoms with Gasteiger partial charge in [-0.25, -0.2) is 13.2 Å². The van der Waals surface area contributed by atoms with Crippen molar-refractivity contribution in [3.63, 3.8) is 0 Å². The number of amides is 2. The van der Waals surface area contributed by atoms with Gasteiger partial charge in [0, 0.05) is 48.3 Å². The molecule has 1 aliphatic heterocycles. The smallest absolute Gasteiger partial charge is 0.416 e. The molecule has 8 nitrogen and oxygen atoms in total. The third-order valence-corrected chi connectivity index (χ3v) is 9.71. The maximum atomic E-state index is 14.3. The minimum atomic E-state index is -4.81. The van der Waals surface area contributed by atoms with E-state index in [4.69, 9.17) is 27.9 Å². The summed E-state index contributed by atoms with van der Waals surface area (Å²) in [6, 6.07) is 5.81. The van der Waals surface area contributed by atoms with E-state index < -0.39 is 39.2 Å². The molecular formula is C30H38Cl2F3N3O5S. The largest absolute Gasteiger partial charge is 0.444 e. The predicted molar refractivity (Wildman–Crippen MR) is 164 cm³/mol. The van der Waals surface area contributed by atoms with Crippen molar-refractivity contribution < 1.29 is 35.9 Å². The van der Waals surface area contributed by atoms with Crippen molar-refractivity contribution in [2.45, 2.75) is 82.8 Å². The van der Waals surface area contributed by atoms with Gasteiger partial charge in [0.15, 0.2) is 9.84 Å². The molecule has 1 aliphatic rings. The zero-order valence-corrected chi connectivity index (χ0v) is 27.7. The van der Waals surface area contributed by atoms with Crippen molar-refractivity contribution >= 4 is 45.0 Å². The minimum absolute atomic E-state index is 0.00874. The molecule has 0 spiro atoms. The van der Waals surface area contributed by atoms with Gasteiger partial charge < -0.3 is 15.0 Å². The first-order valence-corrected chi connectivity index (χ1v) is 16.6. The molecule has 2 aromatic rings. The number of halogens is 5. The summed E-state index contributed by atoms with van der Waals surface area (Å²) in [6.07, 6.45) is -3.63. The van der Waals surface area contributed by atoms with Crippen LogP contribution < -0.4 is 5.32 Å². The third-order valence-electron chi connectivity index (χ3n) is 7.12. The molecule has 1 N–H and O–H groups in total. The minimum Gasteiger partial charge on any atom is -0.444 e. The van der Waals surface area contributed by atoms with Gasteiger partial charge >= 0.3 is 12.3 Å². The van der Waals surface area contributed by atoms with E-state index in [1.54, 1.807) is 39.6 Å². The molecule has 2 aromatic carbocycles. The lowest BCUT2D eigenvalue weighted by molar-refractivity contribution is -0.138. The number of sulfone groups is 1. The Morgan fingerprint density at radius 2 is 1.82 bits per heavy atom. The quantitative estimate of drug-likeness (QED) is 0.308. The second-order valence-electron chi connectivity index (χ2n) is 11.9. The summed E-state index contributed by atoms with van der Waals surface area (Å²) in [7, 11) is -2.05. The summed E-state index contributed by atoms with van der Waals surface area (Å²) in [6.45, 7) is 7.36. The summed E-state index contributed by atoms with van der Waals surface area (Å²) in [5.74, 6) is -0.976. The Morgan fingerprint density at radius 3 is 2.43 bits per heavy atom. The highest BCUT2D eigenvalue weighted by atomic mass is 35.5. The van der Waals surface area contributed by atoms with Gasteiger partial charge in [-0.3, -0.25) is 9.69 Å². The highest BCUT2D eigenvalue weighted by Gasteiger charge is 2.37. The molecule has 0 bridgehead atoms. The lowest BCUT2D eigenvalue weighted by atomic mass is 9.99. The van der Waals surface area contributed by atoms with Crippen molar-refractivity contribution in [1.29, 1.82) is 0 Å². The van der Waals surface area contributed by atoms with Crippen LogP contribution in [-0.4, -0.2) is 67.8 Å². The number of hydrogen-bond donors (Lipinski definition) is 1. The number of alkyl halides is 3. The maximum Gasteiger partial charge on any atom is 0.416 e. The molecule has 0 unspecified atom stereocenters. The average Bonchev–Trinajstić information content (AvgIpc) is 2.90. The summed E-state index contributed by atoms with van der Waals surface area (Å²) in [4.78, 5) is 28.8. The van der Waals surface area contributed by atoms with Crippen molar-refractivity contribution in [3.8, 4) is 0 Å². The zero-order valence-electron chi connectivity index (χ0n) is 25.4. The van der Waals surface area contributed by atoms with Crippen LogP contribution in [0.4, 0.5) is 18.0 Å². The van der Waals surface area contributed by atoms with Gasteiger partial charge in [-0.1, -0.05) is 30.1 Å². The van der Waals surface area contributed by atoms with Gasteiger partial charge in [-0.05, 0) is 88.0 Å². The van der Waals surface area contributed by atoms with E-state index in [1.165, 1.54) is 29.2 Å². The Morgan fingerprint density at radius 1 is 1.14 bits per heavy atom. The van der Waals surface area contributed by atoms with Crippen LogP contribution in [0, 0.1) is 0 Å². The number of likely N-dealkylation sites (N-methyl/N-ethyl adjacent to an activating group) is 1. The van der Waals surface area contributed by atoms with Gasteiger partial charge in [0.05, 0.1) is 16.2 Å². The standard InChI is InChI=1S/C30H38Cl2F3N3O5S/c1-6-12-44(41,42)26-10-9-21(31)13-20(26)16-36-27(39)19-14-24(30(33,34)35)23(25(32)15-19)18-38-11-7-8-22(17-38)37(5)28(40)43-29(2,3)4/h9-10,13-15,22H,6-8,11-12,16-18H2,1-5H3,(H,36,39)/t22-/m0/s1. The zero-order chi connectivity index (χ0) is 33.0. The Kier molecular flexibility index (Phi) is 11.6. The van der Waals surface area contributed by atoms with E-state index in [0.717, 1.165) is 6.07 Å². The molecule has 3 rings (SSSR count). The molecule has 0 saturated carbocycles. The number of likely N-dealkylation sites (tertiary alicyclic amines) is 1. The Labute approximate surface area is 266 Å². The molecular weight excluding hydrogens is 642 g/mol. The average molecular weight is 681 g/mol. The Bertz CT molecular complexity index is 1480. The van der Waals surface area contributed by atoms with Crippen LogP contribution in [0.1, 0.15) is 74.0 Å². The van der Waals surface area contributed by atoms with Crippen LogP contribution in [0.25, 0.3) is 0 Å². The molecule has 0 aromatic heterocycles. The molecule has 244 valence electrons. The van der Waals surface area contributed by atoms with Crippen molar-refractivity contribution in [3.05, 3.63) is 62.6 Å². The molecule has 1 atom stereocenters. The first-order valence-electron chi connectivity index (χ1n) is 14.2. The summed E-state index contributed by atoms with van der Waals surface area (Å²) < 4.78 is 73.7. The fourth-order valence-electron chi connectivity index (χ4n) is 5.02. The topological polar surface area (TPSA) is 96.0 Å². The Balaban J connectivity index is 1.82. The monoisotopic (exact) mass is 679 g/mol. The predicted octanol–water partition coefficient (Wildman–Crippen LogP) is 6.96. The van der Waals surface area contributed by atoms with Gasteiger partial charge in [0.25, 0.3) is 5.91 Å². The highest BCUT2D eigenvalue weighted by Crippen LogP contribution is 2.37. The molecule has 0 radical (unpaired) electrons. The summed E-state index contributed by atoms with van der Waals surface area (Å²) in [5.41, 5.74) is -2.03. The first kappa shape index (κ1) is 35.9. The van der Waals surface area contributed by atoms with Crippen molar-refractivity contribution in [2.24, 2.45) is 0 Å². The number of benzene rings is 2. The maximum absolute atomic E-state index is 14.3. The number of piperidine rings is 1. The van der Waals surface area contributed by atoms with E-state index in [9.17, 15) is 31.2 Å². The summed E-state index contributed by atoms with van der Waals surface area (Å²) in [5, 5.41) is 2.51. The number of carbonyl (C=O) groups is 2. The van der Waals surface area contributed by atoms with Crippen LogP contribution in [-0.2, 0) is 33.8 Å². The normalized spacial score (nSPS) is 16.5. The molecule has 2 amide bonds. The Hall–Kier alpha value is -2.54. The number of nitrogens with zero attached hydrogens (tertiary/aromatic N) is 2. The van der Waals surface area contributed by atoms with Gasteiger partial charge in [-0.2, -0.15) is 13.2 Å². The fourth-order valence-corrected chi connectivity index (χ4v) is 7.06. The van der Waals surface area contributed by atoms with E-state index in [0.29, 0.717) is 32.4 Å². The second kappa shape index (κ2) is 14.3. The van der Waals surface area contributed by atoms with E-state index in [1.807, 2.05) is 0 Å². The number of carbonyl (C=O) groups excluding carboxylic acids is 2. The molecule has 0 aliphatic carbocycles. The van der Waals surface area contributed by atoms with E-state index >= 15 is 0 Å². The molecule has 14 heteroatoms. The lowest BCUT2D eigenvalue weighted by Crippen LogP contribution is -2.49. The number of rotatable bonds is 9. The number of hydrogen-bond acceptors (Lipinski definition) is 6. The molecule has 1 fully saturated rings. The van der Waals surface area contributed by atoms with Crippen LogP contribution >= 0.6 is 23.2 Å². The van der Waals surface area contributed by atoms with E-state index in [2.05, 4.69) is 5.32 Å². The van der Waals surface area contributed by atoms with E-state index in [-0.39, 0.29) is 56.5 Å². The van der Waals surface area contributed by atoms with Gasteiger partial charge in [0.1, 0.15) is 5.60 Å². The first-order chi connectivity index (χ1) is 20.3. The van der Waals surface area contributed by atoms with Gasteiger partial charge in [0.2, 0.25) is 0 Å². The molecule has 44 heavy (non-hydrogen) atoms. The van der Waals surface area contributed by atoms with Crippen LogP contribution in [0.15, 0.2) is 35.2 Å². The van der Waals surface area contributed by atoms with Crippen molar-refractivity contribution in [1.82, 2.24) is 15.1 Å². The lowest BCUT2D eigenvalue weighted by Gasteiger charge is -2.38. The summed E-state index contributed by atoms with van der Waals surface area (Å²) >= 11 is 12.4. The van der Waals surface area contributed by atoms with Crippen LogP contribution in [0.5, 0.6) is 0 Å². The number of ether oxygens (including phenoxy) is 1. The molecule has 1 saturated heterocycles. The number of nitrogens with one attached hydrogen (secondary N) is 1. The fraction of sp³-hybridized carbons (Fsp3) is 0.533. The van der Waals surface area contributed by atoms with Crippen LogP contribution in [0.2, 0.25) is 10.0 Å². The second-order valence-corrected chi connectivity index (χ2v) is 14.8. The van der Waals surface area contributed by atoms with Crippen LogP contribution in [0.3, 0.4) is 0 Å².